The topological polar surface area (TPSA) is 78.9 Å². The molecule has 0 bridgehead atoms. The maximum Gasteiger partial charge on any atom is 0.306 e. The fourth-order valence-electron chi connectivity index (χ4n) is 8.96. The summed E-state index contributed by atoms with van der Waals surface area (Å²) in [5.74, 6) is -0.936. The Labute approximate surface area is 494 Å². The van der Waals surface area contributed by atoms with E-state index in [0.717, 1.165) is 135 Å². The van der Waals surface area contributed by atoms with Gasteiger partial charge in [-0.2, -0.15) is 0 Å². The molecule has 0 aliphatic heterocycles. The van der Waals surface area contributed by atoms with Gasteiger partial charge in [-0.3, -0.25) is 14.4 Å². The molecular formula is C74H122O6. The second-order valence-corrected chi connectivity index (χ2v) is 21.6. The molecule has 0 N–H and O–H groups in total. The minimum atomic E-state index is -0.807. The van der Waals surface area contributed by atoms with Gasteiger partial charge in [-0.05, 0) is 135 Å². The molecule has 1 atom stereocenters. The molecule has 1 unspecified atom stereocenters. The van der Waals surface area contributed by atoms with Gasteiger partial charge in [-0.15, -0.1) is 0 Å². The predicted molar refractivity (Wildman–Crippen MR) is 348 cm³/mol. The van der Waals surface area contributed by atoms with Crippen LogP contribution in [0.25, 0.3) is 0 Å². The number of carbonyl (C=O) groups is 3. The molecule has 0 heterocycles. The summed E-state index contributed by atoms with van der Waals surface area (Å²) in [6, 6.07) is 0. The molecule has 0 aliphatic rings. The van der Waals surface area contributed by atoms with Crippen molar-refractivity contribution in [2.75, 3.05) is 13.2 Å². The molecule has 0 aromatic rings. The SMILES string of the molecule is CC/C=C\C/C=C\C/C=C\C/C=C\C/C=C\CCCCCCCCCCCC(=O)OCC(COC(=O)CCCCCCCCC/C=C\CCCCCCCCC)OC(=O)CCCCC/C=C\C/C=C\C/C=C\C/C=C\C/C=C\CC. The molecule has 0 aromatic carbocycles. The van der Waals surface area contributed by atoms with Crippen molar-refractivity contribution in [3.8, 4) is 0 Å². The van der Waals surface area contributed by atoms with Crippen molar-refractivity contribution in [1.29, 1.82) is 0 Å². The first-order valence-corrected chi connectivity index (χ1v) is 33.2. The molecule has 6 heteroatoms. The summed E-state index contributed by atoms with van der Waals surface area (Å²) in [6.07, 6.45) is 94.5. The summed E-state index contributed by atoms with van der Waals surface area (Å²) < 4.78 is 16.9. The monoisotopic (exact) mass is 1110 g/mol. The highest BCUT2D eigenvalue weighted by molar-refractivity contribution is 5.71. The Balaban J connectivity index is 4.45. The van der Waals surface area contributed by atoms with Crippen LogP contribution in [-0.2, 0) is 28.6 Å². The highest BCUT2D eigenvalue weighted by Gasteiger charge is 2.19. The van der Waals surface area contributed by atoms with Crippen LogP contribution < -0.4 is 0 Å². The summed E-state index contributed by atoms with van der Waals surface area (Å²) in [4.78, 5) is 38.4. The number of allylic oxidation sites excluding steroid dienone is 22. The van der Waals surface area contributed by atoms with E-state index in [0.29, 0.717) is 12.8 Å². The maximum absolute atomic E-state index is 12.9. The van der Waals surface area contributed by atoms with Crippen LogP contribution >= 0.6 is 0 Å². The molecule has 0 amide bonds. The first-order valence-electron chi connectivity index (χ1n) is 33.2. The summed E-state index contributed by atoms with van der Waals surface area (Å²) >= 11 is 0. The van der Waals surface area contributed by atoms with E-state index in [1.54, 1.807) is 0 Å². The Hall–Kier alpha value is -4.45. The lowest BCUT2D eigenvalue weighted by molar-refractivity contribution is -0.167. The quantitative estimate of drug-likeness (QED) is 0.0261. The number of hydrogen-bond donors (Lipinski definition) is 0. The molecule has 0 rings (SSSR count). The molecule has 0 aliphatic carbocycles. The number of rotatable bonds is 59. The lowest BCUT2D eigenvalue weighted by atomic mass is 10.1. The molecule has 0 saturated carbocycles. The summed E-state index contributed by atoms with van der Waals surface area (Å²) in [5, 5.41) is 0. The van der Waals surface area contributed by atoms with Crippen molar-refractivity contribution in [1.82, 2.24) is 0 Å². The zero-order chi connectivity index (χ0) is 57.8. The van der Waals surface area contributed by atoms with Crippen molar-refractivity contribution in [3.05, 3.63) is 134 Å². The first-order chi connectivity index (χ1) is 39.5. The zero-order valence-corrected chi connectivity index (χ0v) is 52.0. The number of ether oxygens (including phenoxy) is 3. The fourth-order valence-corrected chi connectivity index (χ4v) is 8.96. The van der Waals surface area contributed by atoms with Crippen molar-refractivity contribution in [2.45, 2.75) is 303 Å². The third-order valence-electron chi connectivity index (χ3n) is 13.9. The molecule has 0 spiro atoms. The maximum atomic E-state index is 12.9. The molecular weight excluding hydrogens is 985 g/mol. The standard InChI is InChI=1S/C74H122O6/c1-4-7-10-13-16-19-22-25-28-31-34-35-36-37-38-39-41-43-46-49-52-55-58-61-64-67-73(76)79-70-71(69-78-72(75)66-63-60-57-54-51-48-45-42-33-30-27-24-21-18-15-12-9-6-3)80-74(77)68-65-62-59-56-53-50-47-44-40-32-29-26-23-20-17-14-11-8-5-2/h7-8,10-11,16-17,19-20,25-26,28-30,33-35,37-38,40,44,50,53,71H,4-6,9,12-15,18,21-24,27,31-32,36,39,41-43,45-49,51-52,54-70H2,1-3H3/b10-7-,11-8-,19-16-,20-17-,28-25-,29-26-,33-30-,35-34-,38-37-,44-40-,53-50-. The average Bonchev–Trinajstić information content (AvgIpc) is 3.46. The van der Waals surface area contributed by atoms with Gasteiger partial charge in [0.2, 0.25) is 0 Å². The van der Waals surface area contributed by atoms with Crippen molar-refractivity contribution in [3.63, 3.8) is 0 Å². The Morgan fingerprint density at radius 3 is 0.787 bits per heavy atom. The Morgan fingerprint density at radius 1 is 0.263 bits per heavy atom. The number of carbonyl (C=O) groups excluding carboxylic acids is 3. The molecule has 454 valence electrons. The normalized spacial score (nSPS) is 13.0. The van der Waals surface area contributed by atoms with Crippen LogP contribution in [0, 0.1) is 0 Å². The van der Waals surface area contributed by atoms with Gasteiger partial charge in [0.1, 0.15) is 13.2 Å². The van der Waals surface area contributed by atoms with Gasteiger partial charge in [0.25, 0.3) is 0 Å². The van der Waals surface area contributed by atoms with Crippen LogP contribution in [0.1, 0.15) is 297 Å². The number of unbranched alkanes of at least 4 members (excludes halogenated alkanes) is 26. The fraction of sp³-hybridized carbons (Fsp3) is 0.662. The minimum absolute atomic E-state index is 0.0984. The molecule has 0 aromatic heterocycles. The number of esters is 3. The molecule has 0 radical (unpaired) electrons. The van der Waals surface area contributed by atoms with E-state index in [-0.39, 0.29) is 37.5 Å². The van der Waals surface area contributed by atoms with Crippen LogP contribution in [0.5, 0.6) is 0 Å². The lowest BCUT2D eigenvalue weighted by Crippen LogP contribution is -2.30. The highest BCUT2D eigenvalue weighted by atomic mass is 16.6. The van der Waals surface area contributed by atoms with Gasteiger partial charge in [0, 0.05) is 19.3 Å². The second kappa shape index (κ2) is 67.1. The van der Waals surface area contributed by atoms with Gasteiger partial charge >= 0.3 is 17.9 Å². The van der Waals surface area contributed by atoms with E-state index < -0.39 is 6.10 Å². The summed E-state index contributed by atoms with van der Waals surface area (Å²) in [5.41, 5.74) is 0. The van der Waals surface area contributed by atoms with Crippen LogP contribution in [0.15, 0.2) is 134 Å². The predicted octanol–water partition coefficient (Wildman–Crippen LogP) is 22.9. The van der Waals surface area contributed by atoms with Gasteiger partial charge in [0.15, 0.2) is 6.10 Å². The summed E-state index contributed by atoms with van der Waals surface area (Å²) in [7, 11) is 0. The van der Waals surface area contributed by atoms with Gasteiger partial charge in [0.05, 0.1) is 0 Å². The van der Waals surface area contributed by atoms with Crippen molar-refractivity contribution < 1.29 is 28.6 Å². The zero-order valence-electron chi connectivity index (χ0n) is 52.0. The van der Waals surface area contributed by atoms with E-state index in [4.69, 9.17) is 14.2 Å². The molecule has 0 fully saturated rings. The Bertz CT molecular complexity index is 1700. The first kappa shape index (κ1) is 75.5. The third kappa shape index (κ3) is 64.4. The van der Waals surface area contributed by atoms with E-state index in [1.807, 2.05) is 0 Å². The van der Waals surface area contributed by atoms with Crippen molar-refractivity contribution >= 4 is 17.9 Å². The van der Waals surface area contributed by atoms with Crippen molar-refractivity contribution in [2.24, 2.45) is 0 Å². The van der Waals surface area contributed by atoms with Crippen LogP contribution in [0.3, 0.4) is 0 Å². The largest absolute Gasteiger partial charge is 0.462 e. The smallest absolute Gasteiger partial charge is 0.306 e. The lowest BCUT2D eigenvalue weighted by Gasteiger charge is -2.18. The molecule has 6 nitrogen and oxygen atoms in total. The molecule has 80 heavy (non-hydrogen) atoms. The highest BCUT2D eigenvalue weighted by Crippen LogP contribution is 2.15. The van der Waals surface area contributed by atoms with E-state index in [1.165, 1.54) is 122 Å². The average molecular weight is 1110 g/mol. The van der Waals surface area contributed by atoms with Gasteiger partial charge < -0.3 is 14.2 Å². The minimum Gasteiger partial charge on any atom is -0.462 e. The Kier molecular flexibility index (Phi) is 63.3. The Morgan fingerprint density at radius 2 is 0.487 bits per heavy atom. The van der Waals surface area contributed by atoms with Crippen LogP contribution in [0.2, 0.25) is 0 Å². The van der Waals surface area contributed by atoms with Gasteiger partial charge in [-0.1, -0.05) is 276 Å². The van der Waals surface area contributed by atoms with E-state index >= 15 is 0 Å². The van der Waals surface area contributed by atoms with E-state index in [9.17, 15) is 14.4 Å². The van der Waals surface area contributed by atoms with Crippen LogP contribution in [-0.4, -0.2) is 37.2 Å². The van der Waals surface area contributed by atoms with Crippen LogP contribution in [0.4, 0.5) is 0 Å². The van der Waals surface area contributed by atoms with E-state index in [2.05, 4.69) is 154 Å². The second-order valence-electron chi connectivity index (χ2n) is 21.6. The summed E-state index contributed by atoms with van der Waals surface area (Å²) in [6.45, 7) is 6.39. The number of hydrogen-bond acceptors (Lipinski definition) is 6. The van der Waals surface area contributed by atoms with Gasteiger partial charge in [-0.25, -0.2) is 0 Å². The third-order valence-corrected chi connectivity index (χ3v) is 13.9. The molecule has 0 saturated heterocycles.